The van der Waals surface area contributed by atoms with Crippen LogP contribution in [0.3, 0.4) is 0 Å². The first kappa shape index (κ1) is 15.0. The molecule has 0 aromatic heterocycles. The fourth-order valence-electron chi connectivity index (χ4n) is 1.99. The summed E-state index contributed by atoms with van der Waals surface area (Å²) in [5, 5.41) is 2.74. The molecule has 1 aromatic carbocycles. The summed E-state index contributed by atoms with van der Waals surface area (Å²) in [5.41, 5.74) is 1.01. The van der Waals surface area contributed by atoms with E-state index in [0.717, 1.165) is 12.0 Å². The average molecular weight is 296 g/mol. The Hall–Kier alpha value is -1.40. The zero-order valence-electron chi connectivity index (χ0n) is 11.7. The van der Waals surface area contributed by atoms with Gasteiger partial charge in [-0.05, 0) is 31.4 Å². The standard InChI is InChI=1S/C14H20N2O3S/c1-10-3-5-12(6-4-10)20(18,19)16-8-7-15-14(17)13-9-11(13)2/h3-6,11,13,16H,7-9H2,1-2H3,(H,15,17)/t11-,13-/m0/s1. The molecule has 0 heterocycles. The molecule has 1 amide bonds. The van der Waals surface area contributed by atoms with E-state index in [1.165, 1.54) is 0 Å². The van der Waals surface area contributed by atoms with Gasteiger partial charge in [0.05, 0.1) is 4.90 Å². The first-order chi connectivity index (χ1) is 9.40. The normalized spacial score (nSPS) is 21.5. The molecule has 1 saturated carbocycles. The Balaban J connectivity index is 1.78. The van der Waals surface area contributed by atoms with Gasteiger partial charge < -0.3 is 5.32 Å². The van der Waals surface area contributed by atoms with Crippen LogP contribution >= 0.6 is 0 Å². The number of amides is 1. The molecule has 1 aromatic rings. The van der Waals surface area contributed by atoms with Gasteiger partial charge in [-0.25, -0.2) is 13.1 Å². The van der Waals surface area contributed by atoms with Gasteiger partial charge in [-0.1, -0.05) is 24.6 Å². The Morgan fingerprint density at radius 3 is 2.40 bits per heavy atom. The van der Waals surface area contributed by atoms with Crippen LogP contribution in [0.15, 0.2) is 29.2 Å². The lowest BCUT2D eigenvalue weighted by atomic mass is 10.2. The quantitative estimate of drug-likeness (QED) is 0.770. The van der Waals surface area contributed by atoms with Crippen LogP contribution < -0.4 is 10.0 Å². The third-order valence-electron chi connectivity index (χ3n) is 3.49. The summed E-state index contributed by atoms with van der Waals surface area (Å²) in [6.07, 6.45) is 0.931. The van der Waals surface area contributed by atoms with Gasteiger partial charge in [-0.15, -0.1) is 0 Å². The smallest absolute Gasteiger partial charge is 0.240 e. The molecule has 1 aliphatic rings. The van der Waals surface area contributed by atoms with Crippen LogP contribution in [-0.2, 0) is 14.8 Å². The SMILES string of the molecule is Cc1ccc(S(=O)(=O)NCCNC(=O)[C@H]2C[C@@H]2C)cc1. The van der Waals surface area contributed by atoms with E-state index >= 15 is 0 Å². The molecule has 2 rings (SSSR count). The molecule has 0 bridgehead atoms. The Labute approximate surface area is 119 Å². The van der Waals surface area contributed by atoms with E-state index < -0.39 is 10.0 Å². The summed E-state index contributed by atoms with van der Waals surface area (Å²) < 4.78 is 26.4. The van der Waals surface area contributed by atoms with Gasteiger partial charge in [0.25, 0.3) is 0 Å². The first-order valence-corrected chi connectivity index (χ1v) is 8.22. The Kier molecular flexibility index (Phi) is 4.45. The number of carbonyl (C=O) groups excluding carboxylic acids is 1. The Morgan fingerprint density at radius 2 is 1.85 bits per heavy atom. The average Bonchev–Trinajstić information content (AvgIpc) is 3.12. The van der Waals surface area contributed by atoms with Crippen molar-refractivity contribution in [1.82, 2.24) is 10.0 Å². The number of sulfonamides is 1. The summed E-state index contributed by atoms with van der Waals surface area (Å²) >= 11 is 0. The number of hydrogen-bond acceptors (Lipinski definition) is 3. The van der Waals surface area contributed by atoms with Crippen molar-refractivity contribution >= 4 is 15.9 Å². The van der Waals surface area contributed by atoms with Crippen molar-refractivity contribution in [2.45, 2.75) is 25.2 Å². The predicted octanol–water partition coefficient (Wildman–Crippen LogP) is 1.05. The van der Waals surface area contributed by atoms with Crippen LogP contribution in [0.25, 0.3) is 0 Å². The van der Waals surface area contributed by atoms with Crippen molar-refractivity contribution in [1.29, 1.82) is 0 Å². The number of benzene rings is 1. The van der Waals surface area contributed by atoms with Gasteiger partial charge >= 0.3 is 0 Å². The summed E-state index contributed by atoms with van der Waals surface area (Å²) in [7, 11) is -3.49. The van der Waals surface area contributed by atoms with Crippen LogP contribution in [-0.4, -0.2) is 27.4 Å². The molecule has 0 aliphatic heterocycles. The molecule has 6 heteroatoms. The molecule has 5 nitrogen and oxygen atoms in total. The van der Waals surface area contributed by atoms with E-state index in [0.29, 0.717) is 12.5 Å². The highest BCUT2D eigenvalue weighted by Crippen LogP contribution is 2.37. The minimum atomic E-state index is -3.49. The van der Waals surface area contributed by atoms with Crippen molar-refractivity contribution in [2.24, 2.45) is 11.8 Å². The zero-order chi connectivity index (χ0) is 14.8. The van der Waals surface area contributed by atoms with Crippen molar-refractivity contribution in [3.05, 3.63) is 29.8 Å². The van der Waals surface area contributed by atoms with E-state index in [4.69, 9.17) is 0 Å². The summed E-state index contributed by atoms with van der Waals surface area (Å²) in [6.45, 7) is 4.44. The lowest BCUT2D eigenvalue weighted by molar-refractivity contribution is -0.122. The van der Waals surface area contributed by atoms with Gasteiger partial charge in [-0.2, -0.15) is 0 Å². The number of carbonyl (C=O) groups is 1. The third kappa shape index (κ3) is 3.80. The lowest BCUT2D eigenvalue weighted by Crippen LogP contribution is -2.35. The summed E-state index contributed by atoms with van der Waals surface area (Å²) in [4.78, 5) is 11.8. The Bertz CT molecular complexity index is 581. The van der Waals surface area contributed by atoms with Gasteiger partial charge in [0, 0.05) is 19.0 Å². The number of hydrogen-bond donors (Lipinski definition) is 2. The Morgan fingerprint density at radius 1 is 1.25 bits per heavy atom. The molecular formula is C14H20N2O3S. The van der Waals surface area contributed by atoms with E-state index in [-0.39, 0.29) is 23.3 Å². The third-order valence-corrected chi connectivity index (χ3v) is 4.97. The molecule has 0 unspecified atom stereocenters. The van der Waals surface area contributed by atoms with Crippen LogP contribution in [0.1, 0.15) is 18.9 Å². The molecule has 0 radical (unpaired) electrons. The lowest BCUT2D eigenvalue weighted by Gasteiger charge is -2.08. The van der Waals surface area contributed by atoms with Crippen molar-refractivity contribution in [3.8, 4) is 0 Å². The zero-order valence-corrected chi connectivity index (χ0v) is 12.5. The van der Waals surface area contributed by atoms with E-state index in [2.05, 4.69) is 10.0 Å². The fraction of sp³-hybridized carbons (Fsp3) is 0.500. The largest absolute Gasteiger partial charge is 0.355 e. The molecule has 1 aliphatic carbocycles. The number of aryl methyl sites for hydroxylation is 1. The van der Waals surface area contributed by atoms with Gasteiger partial charge in [0.2, 0.25) is 15.9 Å². The van der Waals surface area contributed by atoms with Gasteiger partial charge in [-0.3, -0.25) is 4.79 Å². The second-order valence-electron chi connectivity index (χ2n) is 5.32. The topological polar surface area (TPSA) is 75.3 Å². The van der Waals surface area contributed by atoms with Crippen LogP contribution in [0.4, 0.5) is 0 Å². The maximum Gasteiger partial charge on any atom is 0.240 e. The number of nitrogens with one attached hydrogen (secondary N) is 2. The van der Waals surface area contributed by atoms with Crippen molar-refractivity contribution in [3.63, 3.8) is 0 Å². The molecule has 1 fully saturated rings. The summed E-state index contributed by atoms with van der Waals surface area (Å²) in [5.74, 6) is 0.593. The highest BCUT2D eigenvalue weighted by atomic mass is 32.2. The molecule has 2 atom stereocenters. The van der Waals surface area contributed by atoms with Crippen LogP contribution in [0.2, 0.25) is 0 Å². The van der Waals surface area contributed by atoms with E-state index in [9.17, 15) is 13.2 Å². The highest BCUT2D eigenvalue weighted by molar-refractivity contribution is 7.89. The minimum Gasteiger partial charge on any atom is -0.355 e. The minimum absolute atomic E-state index is 0.0204. The molecule has 20 heavy (non-hydrogen) atoms. The molecule has 0 spiro atoms. The first-order valence-electron chi connectivity index (χ1n) is 6.74. The van der Waals surface area contributed by atoms with Crippen molar-refractivity contribution in [2.75, 3.05) is 13.1 Å². The second kappa shape index (κ2) is 5.93. The molecular weight excluding hydrogens is 276 g/mol. The van der Waals surface area contributed by atoms with Crippen LogP contribution in [0.5, 0.6) is 0 Å². The monoisotopic (exact) mass is 296 g/mol. The molecule has 0 saturated heterocycles. The second-order valence-corrected chi connectivity index (χ2v) is 7.09. The summed E-state index contributed by atoms with van der Waals surface area (Å²) in [6, 6.07) is 6.65. The highest BCUT2D eigenvalue weighted by Gasteiger charge is 2.38. The predicted molar refractivity (Wildman–Crippen MR) is 76.6 cm³/mol. The van der Waals surface area contributed by atoms with E-state index in [1.807, 2.05) is 13.8 Å². The van der Waals surface area contributed by atoms with Crippen LogP contribution in [0, 0.1) is 18.8 Å². The maximum absolute atomic E-state index is 12.0. The van der Waals surface area contributed by atoms with Gasteiger partial charge in [0.15, 0.2) is 0 Å². The molecule has 110 valence electrons. The number of rotatable bonds is 6. The fourth-order valence-corrected chi connectivity index (χ4v) is 3.02. The van der Waals surface area contributed by atoms with E-state index in [1.54, 1.807) is 24.3 Å². The molecule has 2 N–H and O–H groups in total. The van der Waals surface area contributed by atoms with Gasteiger partial charge in [0.1, 0.15) is 0 Å². The van der Waals surface area contributed by atoms with Crippen molar-refractivity contribution < 1.29 is 13.2 Å². The maximum atomic E-state index is 12.0.